The van der Waals surface area contributed by atoms with Crippen molar-refractivity contribution in [2.75, 3.05) is 19.1 Å². The number of ether oxygens (including phenoxy) is 2. The third-order valence-electron chi connectivity index (χ3n) is 3.88. The predicted octanol–water partition coefficient (Wildman–Crippen LogP) is 3.14. The number of carbonyl (C=O) groups is 1. The maximum absolute atomic E-state index is 13.2. The average Bonchev–Trinajstić information content (AvgIpc) is 2.89. The molecule has 116 valence electrons. The minimum absolute atomic E-state index is 0.0249. The van der Waals surface area contributed by atoms with Crippen LogP contribution in [0, 0.1) is 5.82 Å². The number of amides is 1. The zero-order valence-electron chi connectivity index (χ0n) is 12.8. The molecule has 0 aromatic heterocycles. The molecule has 1 saturated heterocycles. The SMILES string of the molecule is COc1cc(F)ccc1N(C)C(=O)CC[C@H]1CC[C@H](C)O1. The smallest absolute Gasteiger partial charge is 0.226 e. The summed E-state index contributed by atoms with van der Waals surface area (Å²) in [5.41, 5.74) is 0.574. The minimum atomic E-state index is -0.384. The van der Waals surface area contributed by atoms with Crippen LogP contribution in [0.5, 0.6) is 5.75 Å². The van der Waals surface area contributed by atoms with E-state index in [9.17, 15) is 9.18 Å². The van der Waals surface area contributed by atoms with E-state index in [-0.39, 0.29) is 17.8 Å². The van der Waals surface area contributed by atoms with Crippen LogP contribution in [0.3, 0.4) is 0 Å². The summed E-state index contributed by atoms with van der Waals surface area (Å²) in [7, 11) is 3.14. The van der Waals surface area contributed by atoms with E-state index >= 15 is 0 Å². The van der Waals surface area contributed by atoms with Crippen molar-refractivity contribution in [1.82, 2.24) is 0 Å². The van der Waals surface area contributed by atoms with Gasteiger partial charge < -0.3 is 14.4 Å². The third kappa shape index (κ3) is 3.94. The number of anilines is 1. The molecule has 21 heavy (non-hydrogen) atoms. The number of carbonyl (C=O) groups excluding carboxylic acids is 1. The van der Waals surface area contributed by atoms with Gasteiger partial charge in [-0.2, -0.15) is 0 Å². The summed E-state index contributed by atoms with van der Waals surface area (Å²) in [6.07, 6.45) is 3.66. The van der Waals surface area contributed by atoms with Crippen LogP contribution in [0.25, 0.3) is 0 Å². The highest BCUT2D eigenvalue weighted by atomic mass is 19.1. The second kappa shape index (κ2) is 6.89. The van der Waals surface area contributed by atoms with Crippen molar-refractivity contribution in [3.05, 3.63) is 24.0 Å². The molecule has 0 spiro atoms. The van der Waals surface area contributed by atoms with Crippen LogP contribution in [0.2, 0.25) is 0 Å². The molecular weight excluding hydrogens is 273 g/mol. The van der Waals surface area contributed by atoms with E-state index in [0.29, 0.717) is 24.0 Å². The highest BCUT2D eigenvalue weighted by Crippen LogP contribution is 2.29. The summed E-state index contributed by atoms with van der Waals surface area (Å²) in [6.45, 7) is 2.05. The first-order valence-corrected chi connectivity index (χ1v) is 7.26. The standard InChI is InChI=1S/C16H22FNO3/c1-11-4-6-13(21-11)7-9-16(19)18(2)14-8-5-12(17)10-15(14)20-3/h5,8,10-11,13H,4,6-7,9H2,1-3H3/t11-,13+/m0/s1. The molecule has 0 saturated carbocycles. The largest absolute Gasteiger partial charge is 0.494 e. The molecule has 0 aliphatic carbocycles. The van der Waals surface area contributed by atoms with Gasteiger partial charge in [0, 0.05) is 19.5 Å². The molecule has 0 radical (unpaired) electrons. The normalized spacial score (nSPS) is 21.3. The number of halogens is 1. The molecule has 5 heteroatoms. The van der Waals surface area contributed by atoms with E-state index in [1.807, 2.05) is 0 Å². The molecule has 1 aliphatic heterocycles. The Morgan fingerprint density at radius 2 is 2.24 bits per heavy atom. The highest BCUT2D eigenvalue weighted by Gasteiger charge is 2.23. The number of nitrogens with zero attached hydrogens (tertiary/aromatic N) is 1. The van der Waals surface area contributed by atoms with Gasteiger partial charge in [-0.1, -0.05) is 0 Å². The first kappa shape index (κ1) is 15.8. The van der Waals surface area contributed by atoms with Gasteiger partial charge >= 0.3 is 0 Å². The van der Waals surface area contributed by atoms with E-state index in [2.05, 4.69) is 6.92 Å². The molecule has 1 fully saturated rings. The van der Waals surface area contributed by atoms with E-state index in [1.54, 1.807) is 13.1 Å². The van der Waals surface area contributed by atoms with Crippen molar-refractivity contribution in [2.24, 2.45) is 0 Å². The molecule has 2 rings (SSSR count). The van der Waals surface area contributed by atoms with Crippen molar-refractivity contribution < 1.29 is 18.7 Å². The molecule has 1 heterocycles. The number of hydrogen-bond donors (Lipinski definition) is 0. The lowest BCUT2D eigenvalue weighted by molar-refractivity contribution is -0.119. The minimum Gasteiger partial charge on any atom is -0.494 e. The first-order chi connectivity index (χ1) is 10.0. The number of hydrogen-bond acceptors (Lipinski definition) is 3. The van der Waals surface area contributed by atoms with Crippen molar-refractivity contribution in [2.45, 2.75) is 44.8 Å². The average molecular weight is 295 g/mol. The maximum Gasteiger partial charge on any atom is 0.226 e. The van der Waals surface area contributed by atoms with Gasteiger partial charge in [0.15, 0.2) is 0 Å². The summed E-state index contributed by atoms with van der Waals surface area (Å²) in [4.78, 5) is 13.8. The Morgan fingerprint density at radius 1 is 1.48 bits per heavy atom. The molecule has 1 aromatic carbocycles. The number of rotatable bonds is 5. The van der Waals surface area contributed by atoms with Crippen LogP contribution < -0.4 is 9.64 Å². The van der Waals surface area contributed by atoms with Crippen molar-refractivity contribution >= 4 is 11.6 Å². The van der Waals surface area contributed by atoms with E-state index in [1.165, 1.54) is 24.1 Å². The second-order valence-corrected chi connectivity index (χ2v) is 5.45. The molecule has 0 bridgehead atoms. The van der Waals surface area contributed by atoms with Gasteiger partial charge in [0.25, 0.3) is 0 Å². The molecule has 0 unspecified atom stereocenters. The quantitative estimate of drug-likeness (QED) is 0.837. The summed E-state index contributed by atoms with van der Waals surface area (Å²) >= 11 is 0. The Labute approximate surface area is 124 Å². The number of methoxy groups -OCH3 is 1. The maximum atomic E-state index is 13.2. The lowest BCUT2D eigenvalue weighted by Gasteiger charge is -2.21. The van der Waals surface area contributed by atoms with Gasteiger partial charge in [0.1, 0.15) is 11.6 Å². The van der Waals surface area contributed by atoms with E-state index < -0.39 is 0 Å². The molecule has 0 N–H and O–H groups in total. The van der Waals surface area contributed by atoms with Crippen LogP contribution in [0.15, 0.2) is 18.2 Å². The zero-order valence-corrected chi connectivity index (χ0v) is 12.8. The third-order valence-corrected chi connectivity index (χ3v) is 3.88. The van der Waals surface area contributed by atoms with Crippen molar-refractivity contribution in [3.8, 4) is 5.75 Å². The van der Waals surface area contributed by atoms with Crippen LogP contribution >= 0.6 is 0 Å². The molecular formula is C16H22FNO3. The fourth-order valence-corrected chi connectivity index (χ4v) is 2.61. The van der Waals surface area contributed by atoms with Gasteiger partial charge in [-0.3, -0.25) is 4.79 Å². The predicted molar refractivity (Wildman–Crippen MR) is 79.2 cm³/mol. The molecule has 1 amide bonds. The van der Waals surface area contributed by atoms with Gasteiger partial charge in [-0.05, 0) is 38.3 Å². The van der Waals surface area contributed by atoms with Gasteiger partial charge in [-0.15, -0.1) is 0 Å². The summed E-state index contributed by atoms with van der Waals surface area (Å²) in [5.74, 6) is -0.0514. The summed E-state index contributed by atoms with van der Waals surface area (Å²) < 4.78 is 24.0. The number of benzene rings is 1. The van der Waals surface area contributed by atoms with Crippen LogP contribution in [0.4, 0.5) is 10.1 Å². The van der Waals surface area contributed by atoms with Gasteiger partial charge in [0.2, 0.25) is 5.91 Å². The van der Waals surface area contributed by atoms with Crippen LogP contribution in [-0.2, 0) is 9.53 Å². The Hall–Kier alpha value is -1.62. The zero-order chi connectivity index (χ0) is 15.4. The van der Waals surface area contributed by atoms with Gasteiger partial charge in [-0.25, -0.2) is 4.39 Å². The van der Waals surface area contributed by atoms with Crippen LogP contribution in [-0.4, -0.2) is 32.3 Å². The van der Waals surface area contributed by atoms with E-state index in [4.69, 9.17) is 9.47 Å². The summed E-state index contributed by atoms with van der Waals surface area (Å²) in [6, 6.07) is 4.16. The lowest BCUT2D eigenvalue weighted by Crippen LogP contribution is -2.27. The topological polar surface area (TPSA) is 38.8 Å². The lowest BCUT2D eigenvalue weighted by atomic mass is 10.1. The van der Waals surface area contributed by atoms with Crippen LogP contribution in [0.1, 0.15) is 32.6 Å². The molecule has 4 nitrogen and oxygen atoms in total. The molecule has 2 atom stereocenters. The first-order valence-electron chi connectivity index (χ1n) is 7.26. The monoisotopic (exact) mass is 295 g/mol. The fraction of sp³-hybridized carbons (Fsp3) is 0.562. The highest BCUT2D eigenvalue weighted by molar-refractivity contribution is 5.94. The Bertz CT molecular complexity index is 506. The Balaban J connectivity index is 1.95. The molecule has 1 aromatic rings. The summed E-state index contributed by atoms with van der Waals surface area (Å²) in [5, 5.41) is 0. The Morgan fingerprint density at radius 3 is 2.86 bits per heavy atom. The fourth-order valence-electron chi connectivity index (χ4n) is 2.61. The van der Waals surface area contributed by atoms with Crippen molar-refractivity contribution in [1.29, 1.82) is 0 Å². The second-order valence-electron chi connectivity index (χ2n) is 5.45. The van der Waals surface area contributed by atoms with Crippen molar-refractivity contribution in [3.63, 3.8) is 0 Å². The Kier molecular flexibility index (Phi) is 5.17. The van der Waals surface area contributed by atoms with Gasteiger partial charge in [0.05, 0.1) is 25.0 Å². The van der Waals surface area contributed by atoms with E-state index in [0.717, 1.165) is 19.3 Å². The molecule has 1 aliphatic rings.